The number of hydrogen-bond donors (Lipinski definition) is 5. The molecule has 1 saturated carbocycles. The van der Waals surface area contributed by atoms with Crippen molar-refractivity contribution in [3.8, 4) is 11.5 Å². The average molecular weight is 410 g/mol. The maximum absolute atomic E-state index is 12.6. The minimum atomic E-state index is -1.94. The number of unbranched alkanes of at least 4 members (excludes halogenated alkanes) is 1. The number of rotatable bonds is 7. The van der Waals surface area contributed by atoms with Gasteiger partial charge in [0.25, 0.3) is 0 Å². The smallest absolute Gasteiger partial charge is 0.350 e. The molecule has 0 heterocycles. The van der Waals surface area contributed by atoms with Crippen LogP contribution in [0.25, 0.3) is 6.08 Å². The molecule has 1 aliphatic rings. The zero-order chi connectivity index (χ0) is 21.6. The van der Waals surface area contributed by atoms with Crippen molar-refractivity contribution in [3.63, 3.8) is 0 Å². The summed E-state index contributed by atoms with van der Waals surface area (Å²) < 4.78 is 10.4. The lowest BCUT2D eigenvalue weighted by molar-refractivity contribution is -0.205. The van der Waals surface area contributed by atoms with Gasteiger partial charge in [0.2, 0.25) is 5.60 Å². The summed E-state index contributed by atoms with van der Waals surface area (Å²) in [6, 6.07) is 3.90. The average Bonchev–Trinajstić information content (AvgIpc) is 2.67. The number of carbonyl (C=O) groups excluding carboxylic acids is 2. The van der Waals surface area contributed by atoms with Crippen LogP contribution < -0.4 is 0 Å². The summed E-state index contributed by atoms with van der Waals surface area (Å²) in [5.74, 6) is -2.54. The lowest BCUT2D eigenvalue weighted by Crippen LogP contribution is -2.58. The molecule has 1 aromatic rings. The van der Waals surface area contributed by atoms with Crippen molar-refractivity contribution in [2.45, 2.75) is 56.5 Å². The number of carbonyl (C=O) groups is 2. The molecular weight excluding hydrogens is 384 g/mol. The third-order valence-electron chi connectivity index (χ3n) is 4.68. The highest BCUT2D eigenvalue weighted by Crippen LogP contribution is 2.34. The Morgan fingerprint density at radius 3 is 2.38 bits per heavy atom. The predicted molar refractivity (Wildman–Crippen MR) is 101 cm³/mol. The molecule has 0 radical (unpaired) electrons. The quantitative estimate of drug-likeness (QED) is 0.188. The Hall–Kier alpha value is -2.62. The van der Waals surface area contributed by atoms with Gasteiger partial charge in [-0.3, -0.25) is 0 Å². The zero-order valence-corrected chi connectivity index (χ0v) is 16.0. The van der Waals surface area contributed by atoms with Gasteiger partial charge in [-0.1, -0.05) is 19.4 Å². The van der Waals surface area contributed by atoms with E-state index in [1.54, 1.807) is 0 Å². The lowest BCUT2D eigenvalue weighted by Gasteiger charge is -2.40. The van der Waals surface area contributed by atoms with Crippen molar-refractivity contribution < 1.29 is 44.6 Å². The molecule has 160 valence electrons. The molecule has 0 amide bonds. The Balaban J connectivity index is 2.17. The van der Waals surface area contributed by atoms with Crippen LogP contribution in [-0.4, -0.2) is 68.0 Å². The van der Waals surface area contributed by atoms with E-state index in [4.69, 9.17) is 9.47 Å². The second-order valence-corrected chi connectivity index (χ2v) is 7.02. The van der Waals surface area contributed by atoms with E-state index >= 15 is 0 Å². The Labute approximate surface area is 167 Å². The fourth-order valence-electron chi connectivity index (χ4n) is 3.02. The van der Waals surface area contributed by atoms with Gasteiger partial charge < -0.3 is 35.0 Å². The first kappa shape index (κ1) is 22.7. The van der Waals surface area contributed by atoms with E-state index in [9.17, 15) is 35.1 Å². The van der Waals surface area contributed by atoms with E-state index < -0.39 is 48.7 Å². The van der Waals surface area contributed by atoms with Crippen molar-refractivity contribution in [1.29, 1.82) is 0 Å². The van der Waals surface area contributed by atoms with E-state index in [-0.39, 0.29) is 18.1 Å². The molecule has 0 spiro atoms. The summed E-state index contributed by atoms with van der Waals surface area (Å²) in [6.45, 7) is 1.99. The molecule has 9 nitrogen and oxygen atoms in total. The van der Waals surface area contributed by atoms with Gasteiger partial charge >= 0.3 is 11.9 Å². The molecule has 1 aliphatic carbocycles. The molecule has 2 rings (SSSR count). The highest BCUT2D eigenvalue weighted by molar-refractivity contribution is 5.91. The number of benzene rings is 1. The Morgan fingerprint density at radius 1 is 1.14 bits per heavy atom. The second kappa shape index (κ2) is 9.73. The molecule has 0 bridgehead atoms. The van der Waals surface area contributed by atoms with Crippen molar-refractivity contribution >= 4 is 18.0 Å². The zero-order valence-electron chi connectivity index (χ0n) is 16.0. The normalized spacial score (nSPS) is 27.0. The SMILES string of the molecule is CCCCOC(=O)C1(OC(=O)/C=C\c2ccc(O)c(O)c2)C[C@@H](O)C(O)[C@H](O)C1. The first-order valence-electron chi connectivity index (χ1n) is 9.33. The summed E-state index contributed by atoms with van der Waals surface area (Å²) in [4.78, 5) is 24.9. The van der Waals surface area contributed by atoms with E-state index in [0.717, 1.165) is 12.5 Å². The van der Waals surface area contributed by atoms with Gasteiger partial charge in [-0.15, -0.1) is 0 Å². The lowest BCUT2D eigenvalue weighted by atomic mass is 9.79. The number of phenols is 2. The molecule has 0 aromatic heterocycles. The number of esters is 2. The number of ether oxygens (including phenoxy) is 2. The third-order valence-corrected chi connectivity index (χ3v) is 4.68. The van der Waals surface area contributed by atoms with Gasteiger partial charge in [-0.05, 0) is 30.2 Å². The molecule has 0 aliphatic heterocycles. The van der Waals surface area contributed by atoms with Crippen LogP contribution in [0.5, 0.6) is 11.5 Å². The van der Waals surface area contributed by atoms with Gasteiger partial charge in [-0.2, -0.15) is 0 Å². The van der Waals surface area contributed by atoms with Crippen molar-refractivity contribution in [1.82, 2.24) is 0 Å². The van der Waals surface area contributed by atoms with E-state index in [0.29, 0.717) is 12.0 Å². The summed E-state index contributed by atoms with van der Waals surface area (Å²) >= 11 is 0. The first-order chi connectivity index (χ1) is 13.7. The van der Waals surface area contributed by atoms with Crippen molar-refractivity contribution in [2.75, 3.05) is 6.61 Å². The molecule has 5 N–H and O–H groups in total. The van der Waals surface area contributed by atoms with Crippen LogP contribution in [0, 0.1) is 0 Å². The van der Waals surface area contributed by atoms with Crippen LogP contribution in [0.1, 0.15) is 38.2 Å². The number of phenolic OH excluding ortho intramolecular Hbond substituents is 2. The molecule has 2 atom stereocenters. The third kappa shape index (κ3) is 5.69. The molecule has 9 heteroatoms. The highest BCUT2D eigenvalue weighted by Gasteiger charge is 2.53. The van der Waals surface area contributed by atoms with Crippen LogP contribution >= 0.6 is 0 Å². The van der Waals surface area contributed by atoms with Crippen LogP contribution in [0.4, 0.5) is 0 Å². The van der Waals surface area contributed by atoms with Gasteiger partial charge in [0, 0.05) is 18.9 Å². The molecule has 0 saturated heterocycles. The first-order valence-corrected chi connectivity index (χ1v) is 9.33. The minimum absolute atomic E-state index is 0.0893. The fourth-order valence-corrected chi connectivity index (χ4v) is 3.02. The number of aliphatic hydroxyl groups is 3. The van der Waals surface area contributed by atoms with Crippen molar-refractivity contribution in [2.24, 2.45) is 0 Å². The summed E-state index contributed by atoms with van der Waals surface area (Å²) in [7, 11) is 0. The van der Waals surface area contributed by atoms with E-state index in [2.05, 4.69) is 0 Å². The Kier molecular flexibility index (Phi) is 7.60. The van der Waals surface area contributed by atoms with Gasteiger partial charge in [0.05, 0.1) is 18.8 Å². The van der Waals surface area contributed by atoms with E-state index in [1.807, 2.05) is 6.92 Å². The molecule has 0 unspecified atom stereocenters. The van der Waals surface area contributed by atoms with Crippen LogP contribution in [0.2, 0.25) is 0 Å². The van der Waals surface area contributed by atoms with E-state index in [1.165, 1.54) is 24.3 Å². The Morgan fingerprint density at radius 2 is 1.79 bits per heavy atom. The Bertz CT molecular complexity index is 746. The standard InChI is InChI=1S/C20H26O9/c1-2-3-8-28-19(27)20(10-15(23)18(26)16(24)11-20)29-17(25)7-5-12-4-6-13(21)14(22)9-12/h4-7,9,15-16,18,21-24,26H,2-3,8,10-11H2,1H3/b7-5-/t15-,16-,18?,20?/m1/s1. The molecular formula is C20H26O9. The van der Waals surface area contributed by atoms with Crippen LogP contribution in [0.15, 0.2) is 24.3 Å². The minimum Gasteiger partial charge on any atom is -0.504 e. The number of aliphatic hydroxyl groups excluding tert-OH is 3. The van der Waals surface area contributed by atoms with Gasteiger partial charge in [-0.25, -0.2) is 9.59 Å². The largest absolute Gasteiger partial charge is 0.504 e. The highest BCUT2D eigenvalue weighted by atomic mass is 16.6. The number of hydrogen-bond acceptors (Lipinski definition) is 9. The molecule has 1 fully saturated rings. The fraction of sp³-hybridized carbons (Fsp3) is 0.500. The summed E-state index contributed by atoms with van der Waals surface area (Å²) in [5, 5.41) is 48.6. The number of aromatic hydroxyl groups is 2. The molecule has 29 heavy (non-hydrogen) atoms. The van der Waals surface area contributed by atoms with Crippen LogP contribution in [-0.2, 0) is 19.1 Å². The predicted octanol–water partition coefficient (Wildman–Crippen LogP) is 0.613. The second-order valence-electron chi connectivity index (χ2n) is 7.02. The monoisotopic (exact) mass is 410 g/mol. The maximum atomic E-state index is 12.6. The van der Waals surface area contributed by atoms with Crippen molar-refractivity contribution in [3.05, 3.63) is 29.8 Å². The van der Waals surface area contributed by atoms with Gasteiger partial charge in [0.15, 0.2) is 11.5 Å². The van der Waals surface area contributed by atoms with Crippen LogP contribution in [0.3, 0.4) is 0 Å². The van der Waals surface area contributed by atoms with Gasteiger partial charge in [0.1, 0.15) is 6.10 Å². The summed E-state index contributed by atoms with van der Waals surface area (Å²) in [5.41, 5.74) is -1.56. The molecule has 1 aromatic carbocycles. The topological polar surface area (TPSA) is 154 Å². The summed E-state index contributed by atoms with van der Waals surface area (Å²) in [6.07, 6.45) is -1.63. The maximum Gasteiger partial charge on any atom is 0.350 e.